The molecule has 0 saturated carbocycles. The summed E-state index contributed by atoms with van der Waals surface area (Å²) in [5, 5.41) is 1.05. The Morgan fingerprint density at radius 1 is 1.04 bits per heavy atom. The number of hydrogen-bond donors (Lipinski definition) is 0. The fraction of sp³-hybridized carbons (Fsp3) is 0.158. The van der Waals surface area contributed by atoms with Gasteiger partial charge in [0.2, 0.25) is 0 Å². The monoisotopic (exact) mass is 366 g/mol. The van der Waals surface area contributed by atoms with E-state index >= 15 is 0 Å². The quantitative estimate of drug-likeness (QED) is 0.471. The number of benzene rings is 2. The smallest absolute Gasteiger partial charge is 0.419 e. The van der Waals surface area contributed by atoms with E-state index < -0.39 is 17.6 Å². The van der Waals surface area contributed by atoms with Gasteiger partial charge in [-0.2, -0.15) is 13.2 Å². The molecule has 0 saturated heterocycles. The van der Waals surface area contributed by atoms with Crippen LogP contribution in [0.1, 0.15) is 22.9 Å². The van der Waals surface area contributed by atoms with E-state index in [0.29, 0.717) is 12.2 Å². The predicted octanol–water partition coefficient (Wildman–Crippen LogP) is 6.63. The summed E-state index contributed by atoms with van der Waals surface area (Å²) in [6.45, 7) is 2.50. The van der Waals surface area contributed by atoms with Crippen LogP contribution >= 0.6 is 11.3 Å². The second-order valence-corrected chi connectivity index (χ2v) is 6.47. The first-order chi connectivity index (χ1) is 11.9. The van der Waals surface area contributed by atoms with Crippen molar-refractivity contribution in [1.29, 1.82) is 0 Å². The van der Waals surface area contributed by atoms with Gasteiger partial charge in [0.15, 0.2) is 0 Å². The highest BCUT2D eigenvalue weighted by Gasteiger charge is 2.33. The van der Waals surface area contributed by atoms with Crippen LogP contribution in [0.15, 0.2) is 42.5 Å². The van der Waals surface area contributed by atoms with E-state index in [1.165, 1.54) is 17.4 Å². The van der Waals surface area contributed by atoms with Gasteiger partial charge in [0.1, 0.15) is 11.6 Å². The first-order valence-corrected chi connectivity index (χ1v) is 8.39. The van der Waals surface area contributed by atoms with Gasteiger partial charge in [-0.15, -0.1) is 11.3 Å². The van der Waals surface area contributed by atoms with Crippen LogP contribution < -0.4 is 4.74 Å². The molecule has 3 aromatic rings. The lowest BCUT2D eigenvalue weighted by Crippen LogP contribution is -2.07. The zero-order valence-corrected chi connectivity index (χ0v) is 14.0. The van der Waals surface area contributed by atoms with Crippen molar-refractivity contribution in [3.8, 4) is 5.75 Å². The maximum Gasteiger partial charge on any atom is 0.419 e. The number of ether oxygens (including phenoxy) is 1. The van der Waals surface area contributed by atoms with Crippen molar-refractivity contribution in [2.75, 3.05) is 6.61 Å². The summed E-state index contributed by atoms with van der Waals surface area (Å²) in [5.74, 6) is -0.482. The van der Waals surface area contributed by atoms with Crippen LogP contribution in [0.5, 0.6) is 5.75 Å². The van der Waals surface area contributed by atoms with Crippen LogP contribution in [0, 0.1) is 5.82 Å². The fourth-order valence-electron chi connectivity index (χ4n) is 2.41. The van der Waals surface area contributed by atoms with Gasteiger partial charge in [0.25, 0.3) is 0 Å². The molecule has 0 spiro atoms. The molecule has 0 unspecified atom stereocenters. The van der Waals surface area contributed by atoms with E-state index in [1.54, 1.807) is 12.2 Å². The molecule has 0 aliphatic carbocycles. The number of alkyl halides is 3. The van der Waals surface area contributed by atoms with Gasteiger partial charge in [-0.1, -0.05) is 12.1 Å². The molecule has 0 aliphatic heterocycles. The molecular formula is C19H14F4OS. The third kappa shape index (κ3) is 4.02. The van der Waals surface area contributed by atoms with Crippen LogP contribution in [0.25, 0.3) is 22.2 Å². The van der Waals surface area contributed by atoms with E-state index in [0.717, 1.165) is 32.8 Å². The molecule has 3 rings (SSSR count). The van der Waals surface area contributed by atoms with Gasteiger partial charge in [0, 0.05) is 9.58 Å². The largest absolute Gasteiger partial charge is 0.494 e. The molecule has 1 heterocycles. The zero-order valence-electron chi connectivity index (χ0n) is 13.2. The number of rotatable bonds is 4. The van der Waals surface area contributed by atoms with E-state index in [-0.39, 0.29) is 0 Å². The maximum absolute atomic E-state index is 13.6. The average Bonchev–Trinajstić information content (AvgIpc) is 2.94. The highest BCUT2D eigenvalue weighted by molar-refractivity contribution is 7.19. The van der Waals surface area contributed by atoms with Crippen molar-refractivity contribution in [2.24, 2.45) is 0 Å². The van der Waals surface area contributed by atoms with Gasteiger partial charge < -0.3 is 4.74 Å². The fourth-order valence-corrected chi connectivity index (χ4v) is 3.41. The first kappa shape index (κ1) is 17.5. The molecule has 25 heavy (non-hydrogen) atoms. The molecule has 0 fully saturated rings. The summed E-state index contributed by atoms with van der Waals surface area (Å²) in [6, 6.07) is 10.6. The molecule has 0 atom stereocenters. The molecule has 0 amide bonds. The molecule has 0 bridgehead atoms. The van der Waals surface area contributed by atoms with Crippen molar-refractivity contribution in [1.82, 2.24) is 0 Å². The molecule has 0 radical (unpaired) electrons. The Labute approximate surface area is 146 Å². The van der Waals surface area contributed by atoms with E-state index in [4.69, 9.17) is 4.74 Å². The average molecular weight is 366 g/mol. The van der Waals surface area contributed by atoms with Crippen LogP contribution in [0.3, 0.4) is 0 Å². The van der Waals surface area contributed by atoms with E-state index in [9.17, 15) is 17.6 Å². The lowest BCUT2D eigenvalue weighted by Gasteiger charge is -2.07. The van der Waals surface area contributed by atoms with Crippen molar-refractivity contribution in [3.63, 3.8) is 0 Å². The van der Waals surface area contributed by atoms with Gasteiger partial charge in [-0.3, -0.25) is 0 Å². The zero-order chi connectivity index (χ0) is 18.0. The Hall–Kier alpha value is -2.34. The Balaban J connectivity index is 1.84. The third-order valence-corrected chi connectivity index (χ3v) is 4.62. The summed E-state index contributed by atoms with van der Waals surface area (Å²) < 4.78 is 57.8. The topological polar surface area (TPSA) is 9.23 Å². The lowest BCUT2D eigenvalue weighted by atomic mass is 10.1. The summed E-state index contributed by atoms with van der Waals surface area (Å²) in [7, 11) is 0. The van der Waals surface area contributed by atoms with Gasteiger partial charge in [-0.25, -0.2) is 4.39 Å². The van der Waals surface area contributed by atoms with E-state index in [2.05, 4.69) is 0 Å². The second kappa shape index (κ2) is 6.88. The molecule has 2 aromatic carbocycles. The van der Waals surface area contributed by atoms with E-state index in [1.807, 2.05) is 31.2 Å². The van der Waals surface area contributed by atoms with Crippen LogP contribution in [-0.4, -0.2) is 6.61 Å². The lowest BCUT2D eigenvalue weighted by molar-refractivity contribution is -0.140. The van der Waals surface area contributed by atoms with Crippen molar-refractivity contribution in [2.45, 2.75) is 13.1 Å². The summed E-state index contributed by atoms with van der Waals surface area (Å²) >= 11 is 1.53. The minimum absolute atomic E-state index is 0.373. The van der Waals surface area contributed by atoms with Gasteiger partial charge in [0.05, 0.1) is 12.2 Å². The molecule has 0 N–H and O–H groups in total. The molecule has 1 aromatic heterocycles. The van der Waals surface area contributed by atoms with Gasteiger partial charge in [-0.05, 0) is 60.3 Å². The number of hydrogen-bond acceptors (Lipinski definition) is 2. The van der Waals surface area contributed by atoms with Crippen LogP contribution in [0.4, 0.5) is 17.6 Å². The maximum atomic E-state index is 13.6. The number of thiophene rings is 1. The van der Waals surface area contributed by atoms with Crippen molar-refractivity contribution >= 4 is 33.6 Å². The Morgan fingerprint density at radius 2 is 1.84 bits per heavy atom. The molecule has 130 valence electrons. The third-order valence-electron chi connectivity index (χ3n) is 3.56. The Morgan fingerprint density at radius 3 is 2.52 bits per heavy atom. The van der Waals surface area contributed by atoms with Crippen LogP contribution in [-0.2, 0) is 6.18 Å². The first-order valence-electron chi connectivity index (χ1n) is 7.58. The highest BCUT2D eigenvalue weighted by atomic mass is 32.1. The highest BCUT2D eigenvalue weighted by Crippen LogP contribution is 2.33. The Kier molecular flexibility index (Phi) is 4.81. The predicted molar refractivity (Wildman–Crippen MR) is 93.3 cm³/mol. The second-order valence-electron chi connectivity index (χ2n) is 5.35. The number of halogens is 4. The van der Waals surface area contributed by atoms with Crippen molar-refractivity contribution in [3.05, 3.63) is 64.3 Å². The summed E-state index contributed by atoms with van der Waals surface area (Å²) in [5.41, 5.74) is -0.882. The minimum atomic E-state index is -4.68. The van der Waals surface area contributed by atoms with Gasteiger partial charge >= 0.3 is 6.18 Å². The summed E-state index contributed by atoms with van der Waals surface area (Å²) in [6.07, 6.45) is -1.33. The number of fused-ring (bicyclic) bond motifs is 1. The molecule has 0 aliphatic rings. The van der Waals surface area contributed by atoms with Crippen molar-refractivity contribution < 1.29 is 22.3 Å². The Bertz CT molecular complexity index is 925. The SMILES string of the molecule is CCOc1ccc2cc(/C=C/c3ccc(C(F)(F)F)c(F)c3)sc2c1. The minimum Gasteiger partial charge on any atom is -0.494 e. The standard InChI is InChI=1S/C19H14F4OS/c1-2-24-14-6-5-13-10-15(25-18(13)11-14)7-3-12-4-8-16(17(20)9-12)19(21,22)23/h3-11H,2H2,1H3/b7-3+. The molecule has 1 nitrogen and oxygen atoms in total. The summed E-state index contributed by atoms with van der Waals surface area (Å²) in [4.78, 5) is 0.920. The molecular weight excluding hydrogens is 352 g/mol. The van der Waals surface area contributed by atoms with Crippen LogP contribution in [0.2, 0.25) is 0 Å². The molecule has 6 heteroatoms. The normalized spacial score (nSPS) is 12.2.